The van der Waals surface area contributed by atoms with E-state index in [9.17, 15) is 0 Å². The smallest absolute Gasteiger partial charge is 0.150 e. The van der Waals surface area contributed by atoms with Gasteiger partial charge >= 0.3 is 0 Å². The van der Waals surface area contributed by atoms with E-state index >= 15 is 0 Å². The molecule has 1 aromatic rings. The standard InChI is InChI=1S/C14H22N2O2/c1-12-5-2-3-7-14(12)18-16-9-8-15-11-13(16)6-4-10-17/h2-3,5,7,13,15,17H,4,6,8-11H2,1H3. The van der Waals surface area contributed by atoms with Gasteiger partial charge in [0.2, 0.25) is 0 Å². The Labute approximate surface area is 109 Å². The van der Waals surface area contributed by atoms with E-state index in [0.717, 1.165) is 43.8 Å². The molecule has 0 spiro atoms. The molecule has 0 bridgehead atoms. The molecule has 0 amide bonds. The van der Waals surface area contributed by atoms with Crippen molar-refractivity contribution in [2.75, 3.05) is 26.2 Å². The van der Waals surface area contributed by atoms with E-state index in [4.69, 9.17) is 9.94 Å². The molecule has 1 saturated heterocycles. The molecule has 0 aliphatic carbocycles. The summed E-state index contributed by atoms with van der Waals surface area (Å²) in [5.74, 6) is 0.924. The van der Waals surface area contributed by atoms with Crippen LogP contribution in [0.1, 0.15) is 18.4 Å². The topological polar surface area (TPSA) is 44.7 Å². The Morgan fingerprint density at radius 3 is 3.06 bits per heavy atom. The maximum absolute atomic E-state index is 8.94. The van der Waals surface area contributed by atoms with Crippen molar-refractivity contribution >= 4 is 0 Å². The Hall–Kier alpha value is -1.10. The van der Waals surface area contributed by atoms with Crippen LogP contribution in [0.5, 0.6) is 5.75 Å². The fourth-order valence-corrected chi connectivity index (χ4v) is 2.22. The number of piperazine rings is 1. The van der Waals surface area contributed by atoms with Crippen molar-refractivity contribution in [3.8, 4) is 5.75 Å². The quantitative estimate of drug-likeness (QED) is 0.827. The van der Waals surface area contributed by atoms with Gasteiger partial charge in [-0.2, -0.15) is 0 Å². The molecule has 100 valence electrons. The lowest BCUT2D eigenvalue weighted by molar-refractivity contribution is -0.109. The third kappa shape index (κ3) is 3.45. The van der Waals surface area contributed by atoms with E-state index in [2.05, 4.69) is 23.4 Å². The lowest BCUT2D eigenvalue weighted by Crippen LogP contribution is -2.52. The fraction of sp³-hybridized carbons (Fsp3) is 0.571. The first-order valence-electron chi connectivity index (χ1n) is 6.63. The molecule has 0 radical (unpaired) electrons. The molecule has 1 aliphatic rings. The number of aryl methyl sites for hydroxylation is 1. The molecule has 4 heteroatoms. The van der Waals surface area contributed by atoms with E-state index < -0.39 is 0 Å². The van der Waals surface area contributed by atoms with Gasteiger partial charge in [0.1, 0.15) is 5.75 Å². The first kappa shape index (κ1) is 13.3. The van der Waals surface area contributed by atoms with Crippen LogP contribution in [0.2, 0.25) is 0 Å². The van der Waals surface area contributed by atoms with E-state index in [1.54, 1.807) is 0 Å². The molecule has 1 heterocycles. The Morgan fingerprint density at radius 2 is 2.28 bits per heavy atom. The van der Waals surface area contributed by atoms with E-state index in [1.807, 2.05) is 18.2 Å². The number of hydroxylamine groups is 2. The maximum Gasteiger partial charge on any atom is 0.150 e. The summed E-state index contributed by atoms with van der Waals surface area (Å²) >= 11 is 0. The lowest BCUT2D eigenvalue weighted by atomic mass is 10.1. The monoisotopic (exact) mass is 250 g/mol. The SMILES string of the molecule is Cc1ccccc1ON1CCNCC1CCCO. The van der Waals surface area contributed by atoms with Gasteiger partial charge in [0.05, 0.1) is 6.04 Å². The minimum absolute atomic E-state index is 0.245. The second-order valence-electron chi connectivity index (χ2n) is 4.72. The predicted molar refractivity (Wildman–Crippen MR) is 71.5 cm³/mol. The normalized spacial score (nSPS) is 20.9. The summed E-state index contributed by atoms with van der Waals surface area (Å²) in [5.41, 5.74) is 1.15. The molecule has 4 nitrogen and oxygen atoms in total. The zero-order valence-corrected chi connectivity index (χ0v) is 10.9. The van der Waals surface area contributed by atoms with Gasteiger partial charge in [-0.15, -0.1) is 5.06 Å². The number of nitrogens with one attached hydrogen (secondary N) is 1. The molecule has 0 saturated carbocycles. The van der Waals surface area contributed by atoms with Gasteiger partial charge in [-0.25, -0.2) is 0 Å². The van der Waals surface area contributed by atoms with Crippen molar-refractivity contribution in [2.24, 2.45) is 0 Å². The van der Waals surface area contributed by atoms with Crippen LogP contribution in [0.25, 0.3) is 0 Å². The third-order valence-corrected chi connectivity index (χ3v) is 3.30. The third-order valence-electron chi connectivity index (χ3n) is 3.30. The Bertz CT molecular complexity index is 371. The summed E-state index contributed by atoms with van der Waals surface area (Å²) in [7, 11) is 0. The largest absolute Gasteiger partial charge is 0.405 e. The molecular formula is C14H22N2O2. The molecule has 1 aromatic carbocycles. The van der Waals surface area contributed by atoms with Crippen molar-refractivity contribution in [1.29, 1.82) is 0 Å². The molecule has 2 N–H and O–H groups in total. The van der Waals surface area contributed by atoms with Crippen molar-refractivity contribution in [2.45, 2.75) is 25.8 Å². The van der Waals surface area contributed by atoms with Gasteiger partial charge < -0.3 is 15.3 Å². The summed E-state index contributed by atoms with van der Waals surface area (Å²) < 4.78 is 0. The molecule has 0 aromatic heterocycles. The van der Waals surface area contributed by atoms with Crippen molar-refractivity contribution < 1.29 is 9.94 Å². The average Bonchev–Trinajstić information content (AvgIpc) is 2.40. The highest BCUT2D eigenvalue weighted by atomic mass is 16.7. The second kappa shape index (κ2) is 6.73. The summed E-state index contributed by atoms with van der Waals surface area (Å²) in [6.45, 7) is 5.05. The van der Waals surface area contributed by atoms with Gasteiger partial charge in [0.15, 0.2) is 0 Å². The molecule has 1 aliphatic heterocycles. The number of benzene rings is 1. The summed E-state index contributed by atoms with van der Waals surface area (Å²) in [6.07, 6.45) is 1.77. The average molecular weight is 250 g/mol. The van der Waals surface area contributed by atoms with Gasteiger partial charge in [-0.3, -0.25) is 0 Å². The second-order valence-corrected chi connectivity index (χ2v) is 4.72. The van der Waals surface area contributed by atoms with Gasteiger partial charge in [-0.05, 0) is 31.4 Å². The zero-order chi connectivity index (χ0) is 12.8. The van der Waals surface area contributed by atoms with Crippen LogP contribution in [-0.2, 0) is 0 Å². The number of para-hydroxylation sites is 1. The fourth-order valence-electron chi connectivity index (χ4n) is 2.22. The van der Waals surface area contributed by atoms with Crippen molar-refractivity contribution in [3.63, 3.8) is 0 Å². The highest BCUT2D eigenvalue weighted by Crippen LogP contribution is 2.20. The lowest BCUT2D eigenvalue weighted by Gasteiger charge is -2.35. The molecule has 1 fully saturated rings. The number of rotatable bonds is 5. The number of hydrogen-bond donors (Lipinski definition) is 2. The van der Waals surface area contributed by atoms with Gasteiger partial charge in [0, 0.05) is 26.2 Å². The van der Waals surface area contributed by atoms with Gasteiger partial charge in [0.25, 0.3) is 0 Å². The van der Waals surface area contributed by atoms with E-state index in [1.165, 1.54) is 0 Å². The highest BCUT2D eigenvalue weighted by molar-refractivity contribution is 5.31. The Kier molecular flexibility index (Phi) is 4.99. The van der Waals surface area contributed by atoms with Crippen LogP contribution in [0.3, 0.4) is 0 Å². The summed E-state index contributed by atoms with van der Waals surface area (Å²) in [4.78, 5) is 6.01. The number of aliphatic hydroxyl groups excluding tert-OH is 1. The van der Waals surface area contributed by atoms with Crippen LogP contribution in [0.15, 0.2) is 24.3 Å². The van der Waals surface area contributed by atoms with Crippen LogP contribution >= 0.6 is 0 Å². The molecule has 2 rings (SSSR count). The number of nitrogens with zero attached hydrogens (tertiary/aromatic N) is 1. The summed E-state index contributed by atoms with van der Waals surface area (Å²) in [6, 6.07) is 8.41. The zero-order valence-electron chi connectivity index (χ0n) is 10.9. The van der Waals surface area contributed by atoms with Crippen LogP contribution in [0.4, 0.5) is 0 Å². The summed E-state index contributed by atoms with van der Waals surface area (Å²) in [5, 5.41) is 14.4. The highest BCUT2D eigenvalue weighted by Gasteiger charge is 2.23. The van der Waals surface area contributed by atoms with Crippen molar-refractivity contribution in [3.05, 3.63) is 29.8 Å². The maximum atomic E-state index is 8.94. The molecule has 18 heavy (non-hydrogen) atoms. The molecule has 1 atom stereocenters. The minimum atomic E-state index is 0.245. The number of hydrogen-bond acceptors (Lipinski definition) is 4. The van der Waals surface area contributed by atoms with E-state index in [0.29, 0.717) is 6.04 Å². The van der Waals surface area contributed by atoms with Crippen LogP contribution in [-0.4, -0.2) is 42.5 Å². The van der Waals surface area contributed by atoms with Crippen molar-refractivity contribution in [1.82, 2.24) is 10.4 Å². The molecular weight excluding hydrogens is 228 g/mol. The molecule has 1 unspecified atom stereocenters. The number of aliphatic hydroxyl groups is 1. The minimum Gasteiger partial charge on any atom is -0.405 e. The first-order valence-corrected chi connectivity index (χ1v) is 6.63. The Balaban J connectivity index is 1.98. The Morgan fingerprint density at radius 1 is 1.44 bits per heavy atom. The predicted octanol–water partition coefficient (Wildman–Crippen LogP) is 1.34. The van der Waals surface area contributed by atoms with E-state index in [-0.39, 0.29) is 6.61 Å². The first-order chi connectivity index (χ1) is 8.81. The van der Waals surface area contributed by atoms with Gasteiger partial charge in [-0.1, -0.05) is 18.2 Å². The van der Waals surface area contributed by atoms with Crippen LogP contribution < -0.4 is 10.2 Å². The van der Waals surface area contributed by atoms with Crippen LogP contribution in [0, 0.1) is 6.92 Å².